The molecular formula is C24H30N2O5S. The summed E-state index contributed by atoms with van der Waals surface area (Å²) in [4.78, 5) is 17.7. The molecule has 1 heterocycles. The molecule has 3 rings (SSSR count). The van der Waals surface area contributed by atoms with Crippen molar-refractivity contribution in [2.24, 2.45) is 0 Å². The summed E-state index contributed by atoms with van der Waals surface area (Å²) in [5, 5.41) is 9.37. The molecule has 2 aromatic carbocycles. The molecule has 0 bridgehead atoms. The fraction of sp³-hybridized carbons (Fsp3) is 0.417. The molecule has 7 nitrogen and oxygen atoms in total. The second-order valence-electron chi connectivity index (χ2n) is 7.84. The molecule has 8 heteroatoms. The van der Waals surface area contributed by atoms with E-state index in [4.69, 9.17) is 4.42 Å². The Bertz CT molecular complexity index is 1110. The Balaban J connectivity index is 1.75. The minimum Gasteiger partial charge on any atom is -0.478 e. The second-order valence-corrected chi connectivity index (χ2v) is 9.92. The van der Waals surface area contributed by atoms with Crippen molar-refractivity contribution in [2.45, 2.75) is 50.3 Å². The molecule has 0 fully saturated rings. The van der Waals surface area contributed by atoms with E-state index in [1.807, 2.05) is 29.2 Å². The number of anilines is 1. The van der Waals surface area contributed by atoms with Crippen molar-refractivity contribution in [3.05, 3.63) is 54.1 Å². The van der Waals surface area contributed by atoms with Crippen LogP contribution < -0.4 is 4.90 Å². The highest BCUT2D eigenvalue weighted by molar-refractivity contribution is 7.91. The molecule has 1 aromatic heterocycles. The van der Waals surface area contributed by atoms with Gasteiger partial charge >= 0.3 is 5.97 Å². The van der Waals surface area contributed by atoms with Crippen LogP contribution in [0.2, 0.25) is 0 Å². The predicted octanol–water partition coefficient (Wildman–Crippen LogP) is 5.17. The number of rotatable bonds is 13. The van der Waals surface area contributed by atoms with Crippen molar-refractivity contribution < 1.29 is 22.7 Å². The number of aromatic nitrogens is 1. The van der Waals surface area contributed by atoms with Gasteiger partial charge in [-0.1, -0.05) is 63.3 Å². The normalized spacial score (nSPS) is 11.7. The largest absolute Gasteiger partial charge is 0.478 e. The topological polar surface area (TPSA) is 101 Å². The lowest BCUT2D eigenvalue weighted by atomic mass is 10.1. The number of carbonyl (C=O) groups is 1. The van der Waals surface area contributed by atoms with Crippen LogP contribution in [0.1, 0.15) is 55.8 Å². The lowest BCUT2D eigenvalue weighted by molar-refractivity contribution is 0.0692. The number of aromatic carboxylic acids is 1. The van der Waals surface area contributed by atoms with E-state index in [9.17, 15) is 18.3 Å². The number of nitrogens with zero attached hydrogens (tertiary/aromatic N) is 2. The highest BCUT2D eigenvalue weighted by Gasteiger charge is 2.24. The van der Waals surface area contributed by atoms with E-state index in [2.05, 4.69) is 11.9 Å². The summed E-state index contributed by atoms with van der Waals surface area (Å²) in [6.07, 6.45) is 6.68. The van der Waals surface area contributed by atoms with Crippen LogP contribution in [0.5, 0.6) is 0 Å². The molecule has 1 N–H and O–H groups in total. The quantitative estimate of drug-likeness (QED) is 0.353. The molecular weight excluding hydrogens is 428 g/mol. The smallest absolute Gasteiger partial charge is 0.337 e. The van der Waals surface area contributed by atoms with Crippen LogP contribution in [0.25, 0.3) is 11.1 Å². The van der Waals surface area contributed by atoms with Crippen molar-refractivity contribution >= 4 is 32.9 Å². The first-order chi connectivity index (χ1) is 15.4. The maximum atomic E-state index is 13.0. The number of fused-ring (bicyclic) bond motifs is 1. The Morgan fingerprint density at radius 1 is 0.969 bits per heavy atom. The summed E-state index contributed by atoms with van der Waals surface area (Å²) in [5.41, 5.74) is 1.15. The summed E-state index contributed by atoms with van der Waals surface area (Å²) >= 11 is 0. The monoisotopic (exact) mass is 458 g/mol. The average molecular weight is 459 g/mol. The number of carboxylic acid groups (broad SMARTS) is 1. The minimum atomic E-state index is -3.80. The summed E-state index contributed by atoms with van der Waals surface area (Å²) < 4.78 is 31.8. The SMILES string of the molecule is CCCCCCCCN(CCS(=O)(=O)c1ccccc1C(=O)O)c1nc2ccccc2o1. The molecule has 0 radical (unpaired) electrons. The van der Waals surface area contributed by atoms with E-state index in [0.29, 0.717) is 18.1 Å². The van der Waals surface area contributed by atoms with Gasteiger partial charge in [-0.2, -0.15) is 4.98 Å². The van der Waals surface area contributed by atoms with E-state index in [-0.39, 0.29) is 22.8 Å². The van der Waals surface area contributed by atoms with Crippen molar-refractivity contribution in [1.82, 2.24) is 4.98 Å². The zero-order chi connectivity index (χ0) is 23.0. The zero-order valence-electron chi connectivity index (χ0n) is 18.4. The van der Waals surface area contributed by atoms with Crippen LogP contribution >= 0.6 is 0 Å². The number of unbranched alkanes of at least 4 members (excludes halogenated alkanes) is 5. The third-order valence-corrected chi connectivity index (χ3v) is 7.16. The molecule has 0 saturated heterocycles. The number of carboxylic acids is 1. The van der Waals surface area contributed by atoms with Gasteiger partial charge in [-0.25, -0.2) is 13.2 Å². The molecule has 3 aromatic rings. The van der Waals surface area contributed by atoms with Gasteiger partial charge in [0, 0.05) is 13.1 Å². The van der Waals surface area contributed by atoms with E-state index >= 15 is 0 Å². The third kappa shape index (κ3) is 6.09. The fourth-order valence-corrected chi connectivity index (χ4v) is 5.09. The number of hydrogen-bond acceptors (Lipinski definition) is 6. The Labute approximate surface area is 189 Å². The van der Waals surface area contributed by atoms with Crippen LogP contribution in [0.3, 0.4) is 0 Å². The zero-order valence-corrected chi connectivity index (χ0v) is 19.2. The maximum Gasteiger partial charge on any atom is 0.337 e. The van der Waals surface area contributed by atoms with Crippen LogP contribution in [0, 0.1) is 0 Å². The van der Waals surface area contributed by atoms with Gasteiger partial charge in [-0.3, -0.25) is 0 Å². The molecule has 32 heavy (non-hydrogen) atoms. The van der Waals surface area contributed by atoms with Crippen LogP contribution in [-0.4, -0.2) is 43.3 Å². The maximum absolute atomic E-state index is 13.0. The lowest BCUT2D eigenvalue weighted by Crippen LogP contribution is -2.31. The summed E-state index contributed by atoms with van der Waals surface area (Å²) in [7, 11) is -3.80. The Kier molecular flexibility index (Phi) is 8.27. The highest BCUT2D eigenvalue weighted by Crippen LogP contribution is 2.23. The van der Waals surface area contributed by atoms with Crippen molar-refractivity contribution in [1.29, 1.82) is 0 Å². The number of sulfone groups is 1. The van der Waals surface area contributed by atoms with Gasteiger partial charge in [0.25, 0.3) is 6.01 Å². The lowest BCUT2D eigenvalue weighted by Gasteiger charge is -2.21. The summed E-state index contributed by atoms with van der Waals surface area (Å²) in [5.74, 6) is -1.49. The van der Waals surface area contributed by atoms with E-state index in [0.717, 1.165) is 24.8 Å². The standard InChI is InChI=1S/C24H30N2O5S/c1-2-3-4-5-6-11-16-26(24-25-20-13-8-9-14-21(20)31-24)17-18-32(29,30)22-15-10-7-12-19(22)23(27)28/h7-10,12-15H,2-6,11,16-18H2,1H3,(H,27,28). The Hall–Kier alpha value is -2.87. The van der Waals surface area contributed by atoms with Crippen molar-refractivity contribution in [2.75, 3.05) is 23.7 Å². The van der Waals surface area contributed by atoms with Crippen LogP contribution in [-0.2, 0) is 9.84 Å². The van der Waals surface area contributed by atoms with Crippen molar-refractivity contribution in [3.8, 4) is 0 Å². The molecule has 0 saturated carbocycles. The van der Waals surface area contributed by atoms with Gasteiger partial charge in [-0.05, 0) is 30.7 Å². The number of hydrogen-bond donors (Lipinski definition) is 1. The first kappa shape index (κ1) is 23.8. The van der Waals surface area contributed by atoms with Gasteiger partial charge in [-0.15, -0.1) is 0 Å². The number of benzene rings is 2. The summed E-state index contributed by atoms with van der Waals surface area (Å²) in [6.45, 7) is 2.96. The van der Waals surface area contributed by atoms with Gasteiger partial charge in [0.15, 0.2) is 15.4 Å². The van der Waals surface area contributed by atoms with E-state index in [1.165, 1.54) is 43.5 Å². The molecule has 172 valence electrons. The van der Waals surface area contributed by atoms with E-state index < -0.39 is 15.8 Å². The average Bonchev–Trinajstić information content (AvgIpc) is 3.22. The minimum absolute atomic E-state index is 0.162. The molecule has 0 aliphatic carbocycles. The molecule has 0 aliphatic rings. The summed E-state index contributed by atoms with van der Waals surface area (Å²) in [6, 6.07) is 13.5. The molecule has 0 unspecified atom stereocenters. The van der Waals surface area contributed by atoms with E-state index in [1.54, 1.807) is 0 Å². The van der Waals surface area contributed by atoms with Gasteiger partial charge in [0.2, 0.25) is 0 Å². The molecule has 0 amide bonds. The predicted molar refractivity (Wildman–Crippen MR) is 125 cm³/mol. The molecule has 0 atom stereocenters. The number of oxazole rings is 1. The first-order valence-electron chi connectivity index (χ1n) is 11.1. The van der Waals surface area contributed by atoms with Crippen LogP contribution in [0.15, 0.2) is 57.8 Å². The van der Waals surface area contributed by atoms with Crippen molar-refractivity contribution in [3.63, 3.8) is 0 Å². The van der Waals surface area contributed by atoms with Gasteiger partial charge in [0.1, 0.15) is 5.52 Å². The van der Waals surface area contributed by atoms with Gasteiger partial charge in [0.05, 0.1) is 16.2 Å². The molecule has 0 spiro atoms. The Morgan fingerprint density at radius 3 is 2.41 bits per heavy atom. The highest BCUT2D eigenvalue weighted by atomic mass is 32.2. The molecule has 0 aliphatic heterocycles. The van der Waals surface area contributed by atoms with Crippen LogP contribution in [0.4, 0.5) is 6.01 Å². The first-order valence-corrected chi connectivity index (χ1v) is 12.7. The van der Waals surface area contributed by atoms with Gasteiger partial charge < -0.3 is 14.4 Å². The Morgan fingerprint density at radius 2 is 1.66 bits per heavy atom. The second kappa shape index (κ2) is 11.1. The number of para-hydroxylation sites is 2. The fourth-order valence-electron chi connectivity index (χ4n) is 3.64. The third-order valence-electron chi connectivity index (χ3n) is 5.42.